The molecule has 0 aliphatic heterocycles. The first kappa shape index (κ1) is 24.4. The number of aromatic nitrogens is 2. The number of methoxy groups -OCH3 is 2. The molecule has 12 heteroatoms. The molecule has 3 rings (SSSR count). The summed E-state index contributed by atoms with van der Waals surface area (Å²) >= 11 is 0. The number of benzene rings is 2. The van der Waals surface area contributed by atoms with Crippen molar-refractivity contribution in [2.45, 2.75) is 17.5 Å². The van der Waals surface area contributed by atoms with Gasteiger partial charge in [-0.3, -0.25) is 0 Å². The maximum atomic E-state index is 13.6. The van der Waals surface area contributed by atoms with E-state index in [1.54, 1.807) is 6.07 Å². The van der Waals surface area contributed by atoms with Gasteiger partial charge in [0.2, 0.25) is 21.8 Å². The van der Waals surface area contributed by atoms with Crippen LogP contribution in [-0.2, 0) is 22.6 Å². The van der Waals surface area contributed by atoms with Crippen LogP contribution in [0.15, 0.2) is 53.4 Å². The van der Waals surface area contributed by atoms with E-state index in [4.69, 9.17) is 9.47 Å². The van der Waals surface area contributed by atoms with E-state index in [9.17, 15) is 26.0 Å². The van der Waals surface area contributed by atoms with E-state index in [2.05, 4.69) is 14.9 Å². The molecule has 0 saturated carbocycles. The van der Waals surface area contributed by atoms with Crippen LogP contribution in [-0.4, -0.2) is 39.4 Å². The second-order valence-corrected chi connectivity index (χ2v) is 8.60. The third-order valence-electron chi connectivity index (χ3n) is 4.59. The molecule has 1 N–H and O–H groups in total. The van der Waals surface area contributed by atoms with Gasteiger partial charge in [-0.05, 0) is 47.9 Å². The zero-order chi connectivity index (χ0) is 24.2. The Labute approximate surface area is 187 Å². The fourth-order valence-electron chi connectivity index (χ4n) is 3.00. The van der Waals surface area contributed by atoms with Crippen molar-refractivity contribution in [1.29, 1.82) is 0 Å². The first-order valence-electron chi connectivity index (χ1n) is 9.46. The second-order valence-electron chi connectivity index (χ2n) is 6.83. The van der Waals surface area contributed by atoms with E-state index in [0.29, 0.717) is 11.6 Å². The van der Waals surface area contributed by atoms with Gasteiger partial charge >= 0.3 is 6.18 Å². The first-order chi connectivity index (χ1) is 15.5. The van der Waals surface area contributed by atoms with Crippen molar-refractivity contribution in [2.24, 2.45) is 0 Å². The molecule has 0 unspecified atom stereocenters. The molecular weight excluding hydrogens is 466 g/mol. The van der Waals surface area contributed by atoms with Gasteiger partial charge in [-0.1, -0.05) is 12.1 Å². The number of rotatable bonds is 8. The van der Waals surface area contributed by atoms with E-state index in [1.165, 1.54) is 38.5 Å². The highest BCUT2D eigenvalue weighted by molar-refractivity contribution is 7.89. The van der Waals surface area contributed by atoms with Crippen LogP contribution in [0.4, 0.5) is 17.6 Å². The zero-order valence-electron chi connectivity index (χ0n) is 17.5. The number of hydrogen-bond donors (Lipinski definition) is 1. The van der Waals surface area contributed by atoms with Crippen LogP contribution in [0.1, 0.15) is 11.1 Å². The molecule has 2 aromatic carbocycles. The Kier molecular flexibility index (Phi) is 7.18. The highest BCUT2D eigenvalue weighted by Crippen LogP contribution is 2.37. The summed E-state index contributed by atoms with van der Waals surface area (Å²) in [5.74, 6) is -0.591. The van der Waals surface area contributed by atoms with Gasteiger partial charge in [0.15, 0.2) is 0 Å². The van der Waals surface area contributed by atoms with Crippen LogP contribution >= 0.6 is 0 Å². The topological polar surface area (TPSA) is 90.4 Å². The van der Waals surface area contributed by atoms with E-state index in [-0.39, 0.29) is 35.9 Å². The lowest BCUT2D eigenvalue weighted by atomic mass is 10.0. The predicted octanol–water partition coefficient (Wildman–Crippen LogP) is 3.84. The van der Waals surface area contributed by atoms with Crippen LogP contribution in [0.5, 0.6) is 11.8 Å². The van der Waals surface area contributed by atoms with Crippen molar-refractivity contribution >= 4 is 10.0 Å². The van der Waals surface area contributed by atoms with Gasteiger partial charge in [-0.15, -0.1) is 10.2 Å². The molecule has 3 aromatic rings. The predicted molar refractivity (Wildman–Crippen MR) is 111 cm³/mol. The molecule has 1 heterocycles. The summed E-state index contributed by atoms with van der Waals surface area (Å²) in [6, 6.07) is 9.24. The van der Waals surface area contributed by atoms with Crippen LogP contribution in [0.2, 0.25) is 0 Å². The van der Waals surface area contributed by atoms with E-state index < -0.39 is 32.5 Å². The second kappa shape index (κ2) is 9.71. The number of nitrogens with one attached hydrogen (secondary N) is 1. The van der Waals surface area contributed by atoms with Gasteiger partial charge < -0.3 is 9.47 Å². The molecule has 0 spiro atoms. The molecule has 33 heavy (non-hydrogen) atoms. The van der Waals surface area contributed by atoms with Crippen molar-refractivity contribution in [3.63, 3.8) is 0 Å². The number of hydrogen-bond acceptors (Lipinski definition) is 6. The minimum Gasteiger partial charge on any atom is -0.480 e. The lowest BCUT2D eigenvalue weighted by molar-refractivity contribution is -0.137. The molecule has 0 atom stereocenters. The lowest BCUT2D eigenvalue weighted by Crippen LogP contribution is -2.26. The summed E-state index contributed by atoms with van der Waals surface area (Å²) in [4.78, 5) is -0.607. The van der Waals surface area contributed by atoms with Crippen molar-refractivity contribution < 1.29 is 35.5 Å². The third kappa shape index (κ3) is 5.96. The number of ether oxygens (including phenoxy) is 2. The summed E-state index contributed by atoms with van der Waals surface area (Å²) in [5.41, 5.74) is -0.697. The maximum Gasteiger partial charge on any atom is 0.416 e. The monoisotopic (exact) mass is 485 g/mol. The van der Waals surface area contributed by atoms with E-state index >= 15 is 0 Å². The quantitative estimate of drug-likeness (QED) is 0.488. The van der Waals surface area contributed by atoms with Crippen molar-refractivity contribution in [1.82, 2.24) is 14.9 Å². The Morgan fingerprint density at radius 2 is 1.76 bits per heavy atom. The van der Waals surface area contributed by atoms with Crippen LogP contribution in [0.3, 0.4) is 0 Å². The molecule has 0 radical (unpaired) electrons. The fraction of sp³-hybridized carbons (Fsp3) is 0.238. The molecule has 0 saturated heterocycles. The summed E-state index contributed by atoms with van der Waals surface area (Å²) in [5, 5.41) is 7.44. The summed E-state index contributed by atoms with van der Waals surface area (Å²) in [6.07, 6.45) is -4.68. The molecule has 0 aliphatic carbocycles. The van der Waals surface area contributed by atoms with Gasteiger partial charge in [0, 0.05) is 12.6 Å². The van der Waals surface area contributed by atoms with Crippen molar-refractivity contribution in [2.75, 3.05) is 20.8 Å². The van der Waals surface area contributed by atoms with Gasteiger partial charge in [0.1, 0.15) is 5.82 Å². The largest absolute Gasteiger partial charge is 0.480 e. The van der Waals surface area contributed by atoms with Gasteiger partial charge in [0.05, 0.1) is 30.2 Å². The normalized spacial score (nSPS) is 11.9. The van der Waals surface area contributed by atoms with Crippen LogP contribution in [0.25, 0.3) is 11.1 Å². The van der Waals surface area contributed by atoms with E-state index in [0.717, 1.165) is 12.1 Å². The average Bonchev–Trinajstić information content (AvgIpc) is 2.77. The SMILES string of the molecule is COc1cc(-c2cc(C(F)(F)F)cc(S(=O)(=O)NCCc3cccc(F)c3)c2)c(OC)nn1. The number of alkyl halides is 3. The summed E-state index contributed by atoms with van der Waals surface area (Å²) in [7, 11) is -1.80. The number of halogens is 4. The Hall–Kier alpha value is -3.25. The fourth-order valence-corrected chi connectivity index (χ4v) is 4.10. The molecule has 0 amide bonds. The molecule has 7 nitrogen and oxygen atoms in total. The smallest absolute Gasteiger partial charge is 0.416 e. The molecule has 1 aromatic heterocycles. The molecular formula is C21H19F4N3O4S. The minimum absolute atomic E-state index is 0.000775. The maximum absolute atomic E-state index is 13.6. The van der Waals surface area contributed by atoms with Gasteiger partial charge in [-0.25, -0.2) is 17.5 Å². The Balaban J connectivity index is 1.99. The third-order valence-corrected chi connectivity index (χ3v) is 6.03. The zero-order valence-corrected chi connectivity index (χ0v) is 18.3. The Morgan fingerprint density at radius 3 is 2.39 bits per heavy atom. The molecule has 176 valence electrons. The Morgan fingerprint density at radius 1 is 1.00 bits per heavy atom. The molecule has 0 bridgehead atoms. The van der Waals surface area contributed by atoms with Gasteiger partial charge in [0.25, 0.3) is 0 Å². The highest BCUT2D eigenvalue weighted by atomic mass is 32.2. The van der Waals surface area contributed by atoms with Gasteiger partial charge in [-0.2, -0.15) is 13.2 Å². The molecule has 0 aliphatic rings. The van der Waals surface area contributed by atoms with Crippen molar-refractivity contribution in [3.8, 4) is 22.9 Å². The van der Waals surface area contributed by atoms with Crippen molar-refractivity contribution in [3.05, 3.63) is 65.5 Å². The molecule has 0 fully saturated rings. The average molecular weight is 485 g/mol. The Bertz CT molecular complexity index is 1250. The standard InChI is InChI=1S/C21H19F4N3O4S/c1-31-19-12-18(20(32-2)28-27-19)14-9-15(21(23,24)25)11-17(10-14)33(29,30)26-7-6-13-4-3-5-16(22)8-13/h3-5,8-12,26H,6-7H2,1-2H3. The number of sulfonamides is 1. The minimum atomic E-state index is -4.82. The number of nitrogens with zero attached hydrogens (tertiary/aromatic N) is 2. The van der Waals surface area contributed by atoms with E-state index in [1.807, 2.05) is 0 Å². The summed E-state index contributed by atoms with van der Waals surface area (Å²) < 4.78 is 91.8. The van der Waals surface area contributed by atoms with Crippen LogP contribution < -0.4 is 14.2 Å². The lowest BCUT2D eigenvalue weighted by Gasteiger charge is -2.15. The summed E-state index contributed by atoms with van der Waals surface area (Å²) in [6.45, 7) is -0.147. The first-order valence-corrected chi connectivity index (χ1v) is 10.9. The van der Waals surface area contributed by atoms with Crippen LogP contribution in [0, 0.1) is 5.82 Å². The highest BCUT2D eigenvalue weighted by Gasteiger charge is 2.33.